The topological polar surface area (TPSA) is 64.0 Å². The summed E-state index contributed by atoms with van der Waals surface area (Å²) in [5, 5.41) is 3.75. The summed E-state index contributed by atoms with van der Waals surface area (Å²) in [6.07, 6.45) is 0.433. The highest BCUT2D eigenvalue weighted by Crippen LogP contribution is 2.19. The van der Waals surface area contributed by atoms with Crippen LogP contribution < -0.4 is 10.9 Å². The summed E-state index contributed by atoms with van der Waals surface area (Å²) >= 11 is 7.19. The van der Waals surface area contributed by atoms with Crippen LogP contribution in [0.3, 0.4) is 0 Å². The third kappa shape index (κ3) is 5.46. The molecule has 0 atom stereocenters. The molecule has 3 rings (SSSR count). The Bertz CT molecular complexity index is 1100. The fourth-order valence-electron chi connectivity index (χ4n) is 2.77. The second-order valence-corrected chi connectivity index (χ2v) is 7.85. The number of thioether (sulfide) groups is 1. The standard InChI is InChI=1S/C21H19ClFN3O2S/c1-13-18(11-14-4-3-5-15(22)10-14)20(28)26(2)21(24-13)29-12-19(27)25-17-8-6-16(23)7-9-17/h3-10H,11-12H2,1-2H3,(H,25,27). The van der Waals surface area contributed by atoms with Gasteiger partial charge in [0.2, 0.25) is 5.91 Å². The first-order valence-corrected chi connectivity index (χ1v) is 10.2. The molecule has 0 saturated heterocycles. The number of halogens is 2. The molecule has 1 heterocycles. The Kier molecular flexibility index (Phi) is 6.71. The van der Waals surface area contributed by atoms with Crippen molar-refractivity contribution in [3.05, 3.63) is 86.5 Å². The molecule has 29 heavy (non-hydrogen) atoms. The molecule has 1 N–H and O–H groups in total. The van der Waals surface area contributed by atoms with Crippen LogP contribution in [-0.2, 0) is 18.3 Å². The molecule has 1 amide bonds. The molecule has 0 fully saturated rings. The normalized spacial score (nSPS) is 10.8. The summed E-state index contributed by atoms with van der Waals surface area (Å²) in [5.74, 6) is -0.563. The Balaban J connectivity index is 1.71. The lowest BCUT2D eigenvalue weighted by molar-refractivity contribution is -0.113. The molecule has 0 unspecified atom stereocenters. The van der Waals surface area contributed by atoms with E-state index < -0.39 is 0 Å². The molecule has 8 heteroatoms. The number of aryl methyl sites for hydroxylation is 1. The number of rotatable bonds is 6. The third-order valence-corrected chi connectivity index (χ3v) is 5.55. The van der Waals surface area contributed by atoms with Crippen LogP contribution in [0.25, 0.3) is 0 Å². The van der Waals surface area contributed by atoms with Gasteiger partial charge in [-0.3, -0.25) is 14.2 Å². The van der Waals surface area contributed by atoms with E-state index in [0.29, 0.717) is 33.5 Å². The maximum absolute atomic E-state index is 12.9. The first-order chi connectivity index (χ1) is 13.8. The molecule has 0 aliphatic heterocycles. The summed E-state index contributed by atoms with van der Waals surface area (Å²) < 4.78 is 14.4. The number of benzene rings is 2. The predicted octanol–water partition coefficient (Wildman–Crippen LogP) is 4.20. The van der Waals surface area contributed by atoms with Crippen molar-refractivity contribution in [2.24, 2.45) is 7.05 Å². The highest BCUT2D eigenvalue weighted by atomic mass is 35.5. The second-order valence-electron chi connectivity index (χ2n) is 6.47. The number of carbonyl (C=O) groups is 1. The molecule has 0 bridgehead atoms. The van der Waals surface area contributed by atoms with Gasteiger partial charge in [-0.2, -0.15) is 0 Å². The monoisotopic (exact) mass is 431 g/mol. The van der Waals surface area contributed by atoms with Crippen LogP contribution in [0.15, 0.2) is 58.5 Å². The molecular weight excluding hydrogens is 413 g/mol. The minimum Gasteiger partial charge on any atom is -0.325 e. The quantitative estimate of drug-likeness (QED) is 0.469. The molecule has 0 aliphatic carbocycles. The van der Waals surface area contributed by atoms with Crippen molar-refractivity contribution >= 4 is 35.0 Å². The predicted molar refractivity (Wildman–Crippen MR) is 114 cm³/mol. The molecule has 0 radical (unpaired) electrons. The molecule has 2 aromatic carbocycles. The van der Waals surface area contributed by atoms with Gasteiger partial charge < -0.3 is 5.32 Å². The van der Waals surface area contributed by atoms with Crippen molar-refractivity contribution in [2.45, 2.75) is 18.5 Å². The van der Waals surface area contributed by atoms with Crippen LogP contribution in [0.1, 0.15) is 16.8 Å². The fourth-order valence-corrected chi connectivity index (χ4v) is 3.80. The van der Waals surface area contributed by atoms with Crippen LogP contribution in [0, 0.1) is 12.7 Å². The Morgan fingerprint density at radius 2 is 1.97 bits per heavy atom. The van der Waals surface area contributed by atoms with Crippen molar-refractivity contribution in [2.75, 3.05) is 11.1 Å². The number of nitrogens with zero attached hydrogens (tertiary/aromatic N) is 2. The van der Waals surface area contributed by atoms with Crippen LogP contribution in [0.4, 0.5) is 10.1 Å². The lowest BCUT2D eigenvalue weighted by Crippen LogP contribution is -2.26. The average molecular weight is 432 g/mol. The minimum absolute atomic E-state index is 0.0741. The van der Waals surface area contributed by atoms with Crippen molar-refractivity contribution in [1.82, 2.24) is 9.55 Å². The van der Waals surface area contributed by atoms with E-state index in [1.165, 1.54) is 40.6 Å². The number of anilines is 1. The van der Waals surface area contributed by atoms with Gasteiger partial charge >= 0.3 is 0 Å². The third-order valence-electron chi connectivity index (χ3n) is 4.28. The highest BCUT2D eigenvalue weighted by Gasteiger charge is 2.14. The lowest BCUT2D eigenvalue weighted by Gasteiger charge is -2.12. The summed E-state index contributed by atoms with van der Waals surface area (Å²) in [4.78, 5) is 29.5. The first kappa shape index (κ1) is 21.1. The van der Waals surface area contributed by atoms with E-state index in [4.69, 9.17) is 11.6 Å². The van der Waals surface area contributed by atoms with Gasteiger partial charge in [0.05, 0.1) is 5.75 Å². The number of hydrogen-bond donors (Lipinski definition) is 1. The average Bonchev–Trinajstić information content (AvgIpc) is 2.69. The molecule has 0 saturated carbocycles. The van der Waals surface area contributed by atoms with Crippen molar-refractivity contribution in [1.29, 1.82) is 0 Å². The lowest BCUT2D eigenvalue weighted by atomic mass is 10.1. The van der Waals surface area contributed by atoms with E-state index in [0.717, 1.165) is 5.56 Å². The van der Waals surface area contributed by atoms with Crippen LogP contribution in [0.2, 0.25) is 5.02 Å². The van der Waals surface area contributed by atoms with Gasteiger partial charge in [0, 0.05) is 35.4 Å². The van der Waals surface area contributed by atoms with Gasteiger partial charge in [-0.05, 0) is 48.9 Å². The maximum Gasteiger partial charge on any atom is 0.257 e. The van der Waals surface area contributed by atoms with Crippen LogP contribution >= 0.6 is 23.4 Å². The van der Waals surface area contributed by atoms with Crippen molar-refractivity contribution < 1.29 is 9.18 Å². The number of nitrogens with one attached hydrogen (secondary N) is 1. The van der Waals surface area contributed by atoms with Gasteiger partial charge in [0.15, 0.2) is 5.16 Å². The van der Waals surface area contributed by atoms with E-state index >= 15 is 0 Å². The Labute approximate surface area is 176 Å². The summed E-state index contributed by atoms with van der Waals surface area (Å²) in [6.45, 7) is 1.78. The zero-order chi connectivity index (χ0) is 21.0. The molecule has 0 aliphatic rings. The summed E-state index contributed by atoms with van der Waals surface area (Å²) in [7, 11) is 1.64. The van der Waals surface area contributed by atoms with Crippen LogP contribution in [0.5, 0.6) is 0 Å². The smallest absolute Gasteiger partial charge is 0.257 e. The van der Waals surface area contributed by atoms with E-state index in [1.54, 1.807) is 20.0 Å². The molecule has 3 aromatic rings. The Morgan fingerprint density at radius 1 is 1.24 bits per heavy atom. The zero-order valence-electron chi connectivity index (χ0n) is 15.9. The number of aromatic nitrogens is 2. The van der Waals surface area contributed by atoms with E-state index in [-0.39, 0.29) is 23.0 Å². The van der Waals surface area contributed by atoms with Crippen molar-refractivity contribution in [3.8, 4) is 0 Å². The van der Waals surface area contributed by atoms with Gasteiger partial charge in [-0.15, -0.1) is 0 Å². The van der Waals surface area contributed by atoms with E-state index in [2.05, 4.69) is 10.3 Å². The van der Waals surface area contributed by atoms with E-state index in [9.17, 15) is 14.0 Å². The van der Waals surface area contributed by atoms with Gasteiger partial charge in [0.25, 0.3) is 5.56 Å². The summed E-state index contributed by atoms with van der Waals surface area (Å²) in [5.41, 5.74) is 2.49. The molecule has 150 valence electrons. The fraction of sp³-hybridized carbons (Fsp3) is 0.190. The van der Waals surface area contributed by atoms with Gasteiger partial charge in [-0.25, -0.2) is 9.37 Å². The molecular formula is C21H19ClFN3O2S. The highest BCUT2D eigenvalue weighted by molar-refractivity contribution is 7.99. The largest absolute Gasteiger partial charge is 0.325 e. The minimum atomic E-state index is -0.370. The molecule has 5 nitrogen and oxygen atoms in total. The van der Waals surface area contributed by atoms with Crippen molar-refractivity contribution in [3.63, 3.8) is 0 Å². The van der Waals surface area contributed by atoms with Gasteiger partial charge in [-0.1, -0.05) is 35.5 Å². The van der Waals surface area contributed by atoms with E-state index in [1.807, 2.05) is 18.2 Å². The second kappa shape index (κ2) is 9.24. The Morgan fingerprint density at radius 3 is 2.66 bits per heavy atom. The SMILES string of the molecule is Cc1nc(SCC(=O)Nc2ccc(F)cc2)n(C)c(=O)c1Cc1cccc(Cl)c1. The van der Waals surface area contributed by atoms with Crippen LogP contribution in [-0.4, -0.2) is 21.2 Å². The number of carbonyl (C=O) groups excluding carboxylic acids is 1. The number of hydrogen-bond acceptors (Lipinski definition) is 4. The number of amides is 1. The molecule has 0 spiro atoms. The van der Waals surface area contributed by atoms with Gasteiger partial charge in [0.1, 0.15) is 5.82 Å². The first-order valence-electron chi connectivity index (χ1n) is 8.82. The molecule has 1 aromatic heterocycles. The summed E-state index contributed by atoms with van der Waals surface area (Å²) in [6, 6.07) is 12.9. The maximum atomic E-state index is 12.9. The zero-order valence-corrected chi connectivity index (χ0v) is 17.5. The Hall–Kier alpha value is -2.64.